The molecule has 1 atom stereocenters. The number of nitrogens with one attached hydrogen (secondary N) is 1. The second kappa shape index (κ2) is 6.95. The molecule has 0 aromatic heterocycles. The van der Waals surface area contributed by atoms with E-state index in [1.807, 2.05) is 32.1 Å². The monoisotopic (exact) mass is 194 g/mol. The Balaban J connectivity index is 4.53. The van der Waals surface area contributed by atoms with Gasteiger partial charge in [0.1, 0.15) is 0 Å². The first-order chi connectivity index (χ1) is 6.65. The molecule has 0 radical (unpaired) electrons. The van der Waals surface area contributed by atoms with Gasteiger partial charge in [0.25, 0.3) is 0 Å². The Morgan fingerprint density at radius 3 is 2.64 bits per heavy atom. The Morgan fingerprint density at radius 2 is 2.29 bits per heavy atom. The van der Waals surface area contributed by atoms with Crippen LogP contribution in [0.4, 0.5) is 4.79 Å². The Kier molecular flexibility index (Phi) is 6.20. The largest absolute Gasteiger partial charge is 0.352 e. The van der Waals surface area contributed by atoms with E-state index in [4.69, 9.17) is 5.73 Å². The summed E-state index contributed by atoms with van der Waals surface area (Å²) in [5.41, 5.74) is 6.10. The number of hydrogen-bond donors (Lipinski definition) is 2. The smallest absolute Gasteiger partial charge is 0.312 e. The number of urea groups is 1. The molecule has 0 aliphatic rings. The third kappa shape index (κ3) is 4.50. The number of rotatable bonds is 5. The molecule has 0 aromatic rings. The fourth-order valence-electron chi connectivity index (χ4n) is 1.19. The summed E-state index contributed by atoms with van der Waals surface area (Å²) < 4.78 is 0. The van der Waals surface area contributed by atoms with Crippen LogP contribution in [0.1, 0.15) is 20.3 Å². The zero-order valence-corrected chi connectivity index (χ0v) is 8.79. The summed E-state index contributed by atoms with van der Waals surface area (Å²) >= 11 is 0. The molecular weight excluding hydrogens is 176 g/mol. The summed E-state index contributed by atoms with van der Waals surface area (Å²) in [5, 5.41) is 2.67. The van der Waals surface area contributed by atoms with Crippen molar-refractivity contribution in [1.82, 2.24) is 5.32 Å². The van der Waals surface area contributed by atoms with Gasteiger partial charge in [-0.15, -0.1) is 0 Å². The number of hydrogen-bond acceptors (Lipinski definition) is 1. The lowest BCUT2D eigenvalue weighted by Crippen LogP contribution is -2.39. The Bertz CT molecular complexity index is 254. The summed E-state index contributed by atoms with van der Waals surface area (Å²) in [6.45, 7) is 7.50. The molecule has 2 amide bonds. The zero-order chi connectivity index (χ0) is 11.0. The summed E-state index contributed by atoms with van der Waals surface area (Å²) in [6, 6.07) is -0.517. The lowest BCUT2D eigenvalue weighted by atomic mass is 10.0. The first-order valence-corrected chi connectivity index (χ1v) is 4.67. The Hall–Kier alpha value is -1.51. The van der Waals surface area contributed by atoms with Crippen molar-refractivity contribution in [2.45, 2.75) is 26.3 Å². The highest BCUT2D eigenvalue weighted by molar-refractivity contribution is 5.72. The molecular formula is C11H18N2O. The molecule has 0 aromatic carbocycles. The zero-order valence-electron chi connectivity index (χ0n) is 8.79. The minimum absolute atomic E-state index is 0.0197. The normalized spacial score (nSPS) is 14.0. The van der Waals surface area contributed by atoms with Gasteiger partial charge < -0.3 is 11.1 Å². The molecule has 0 bridgehead atoms. The van der Waals surface area contributed by atoms with Gasteiger partial charge in [-0.3, -0.25) is 0 Å². The van der Waals surface area contributed by atoms with Crippen molar-refractivity contribution in [1.29, 1.82) is 0 Å². The highest BCUT2D eigenvalue weighted by Gasteiger charge is 2.09. The molecule has 0 aliphatic carbocycles. The van der Waals surface area contributed by atoms with Gasteiger partial charge in [0.05, 0.1) is 6.04 Å². The van der Waals surface area contributed by atoms with Gasteiger partial charge in [0.2, 0.25) is 0 Å². The highest BCUT2D eigenvalue weighted by Crippen LogP contribution is 2.08. The van der Waals surface area contributed by atoms with Crippen molar-refractivity contribution in [2.24, 2.45) is 5.73 Å². The second-order valence-corrected chi connectivity index (χ2v) is 2.85. The highest BCUT2D eigenvalue weighted by atomic mass is 16.2. The molecule has 3 N–H and O–H groups in total. The Labute approximate surface area is 85.4 Å². The first kappa shape index (κ1) is 12.5. The average molecular weight is 194 g/mol. The number of nitrogens with two attached hydrogens (primary N) is 1. The van der Waals surface area contributed by atoms with Crippen LogP contribution >= 0.6 is 0 Å². The molecule has 0 spiro atoms. The van der Waals surface area contributed by atoms with Gasteiger partial charge in [-0.25, -0.2) is 4.79 Å². The lowest BCUT2D eigenvalue weighted by Gasteiger charge is -2.16. The summed E-state index contributed by atoms with van der Waals surface area (Å²) in [5.74, 6) is 0. The van der Waals surface area contributed by atoms with E-state index in [0.717, 1.165) is 12.0 Å². The van der Waals surface area contributed by atoms with E-state index in [9.17, 15) is 4.79 Å². The van der Waals surface area contributed by atoms with Crippen molar-refractivity contribution in [3.05, 3.63) is 36.5 Å². The number of carbonyl (C=O) groups excluding carboxylic acids is 1. The van der Waals surface area contributed by atoms with Crippen molar-refractivity contribution >= 4 is 6.03 Å². The molecule has 0 saturated carbocycles. The van der Waals surface area contributed by atoms with Crippen LogP contribution in [0.15, 0.2) is 36.5 Å². The topological polar surface area (TPSA) is 55.1 Å². The van der Waals surface area contributed by atoms with Crippen LogP contribution in [0, 0.1) is 0 Å². The van der Waals surface area contributed by atoms with E-state index >= 15 is 0 Å². The van der Waals surface area contributed by atoms with E-state index in [-0.39, 0.29) is 6.04 Å². The molecule has 3 nitrogen and oxygen atoms in total. The van der Waals surface area contributed by atoms with E-state index < -0.39 is 6.03 Å². The van der Waals surface area contributed by atoms with Crippen LogP contribution in [0.25, 0.3) is 0 Å². The van der Waals surface area contributed by atoms with Gasteiger partial charge >= 0.3 is 6.03 Å². The van der Waals surface area contributed by atoms with E-state index in [2.05, 4.69) is 11.9 Å². The number of carbonyl (C=O) groups is 1. The molecule has 78 valence electrons. The fourth-order valence-corrected chi connectivity index (χ4v) is 1.19. The van der Waals surface area contributed by atoms with Gasteiger partial charge in [0, 0.05) is 0 Å². The maximum atomic E-state index is 10.7. The van der Waals surface area contributed by atoms with Crippen LogP contribution in [0.5, 0.6) is 0 Å². The molecule has 3 heteroatoms. The molecule has 0 rings (SSSR count). The van der Waals surface area contributed by atoms with Gasteiger partial charge in [-0.1, -0.05) is 37.8 Å². The van der Waals surface area contributed by atoms with Crippen molar-refractivity contribution in [3.8, 4) is 0 Å². The van der Waals surface area contributed by atoms with E-state index in [0.29, 0.717) is 0 Å². The van der Waals surface area contributed by atoms with E-state index in [1.165, 1.54) is 0 Å². The molecule has 0 aliphatic heterocycles. The quantitative estimate of drug-likeness (QED) is 0.647. The summed E-state index contributed by atoms with van der Waals surface area (Å²) in [4.78, 5) is 10.7. The Morgan fingerprint density at radius 1 is 1.64 bits per heavy atom. The van der Waals surface area contributed by atoms with Crippen LogP contribution in [-0.4, -0.2) is 12.1 Å². The lowest BCUT2D eigenvalue weighted by molar-refractivity contribution is 0.246. The minimum Gasteiger partial charge on any atom is -0.352 e. The summed E-state index contributed by atoms with van der Waals surface area (Å²) in [7, 11) is 0. The molecule has 0 heterocycles. The number of amides is 2. The fraction of sp³-hybridized carbons (Fsp3) is 0.364. The van der Waals surface area contributed by atoms with Crippen molar-refractivity contribution < 1.29 is 4.79 Å². The second-order valence-electron chi connectivity index (χ2n) is 2.85. The molecule has 0 saturated heterocycles. The minimum atomic E-state index is -0.497. The third-order valence-electron chi connectivity index (χ3n) is 1.89. The standard InChI is InChI=1S/C11H18N2O/c1-4-7-8-9(5-2)10(6-3)13-11(12)14/h4-5,7-8,10H,1,6H2,2-3H3,(H3,12,13,14)/b8-7-,9-5+. The predicted octanol–water partition coefficient (Wildman–Crippen LogP) is 2.12. The van der Waals surface area contributed by atoms with Crippen LogP contribution < -0.4 is 11.1 Å². The number of allylic oxidation sites excluding steroid dienone is 3. The molecule has 14 heavy (non-hydrogen) atoms. The van der Waals surface area contributed by atoms with Crippen molar-refractivity contribution in [3.63, 3.8) is 0 Å². The first-order valence-electron chi connectivity index (χ1n) is 4.67. The van der Waals surface area contributed by atoms with Crippen LogP contribution in [0.2, 0.25) is 0 Å². The van der Waals surface area contributed by atoms with Gasteiger partial charge in [-0.05, 0) is 18.9 Å². The van der Waals surface area contributed by atoms with Crippen LogP contribution in [-0.2, 0) is 0 Å². The predicted molar refractivity (Wildman–Crippen MR) is 59.9 cm³/mol. The average Bonchev–Trinajstić information content (AvgIpc) is 2.16. The maximum absolute atomic E-state index is 10.7. The SMILES string of the molecule is C=C/C=C\C(=C/C)C(CC)NC(N)=O. The number of primary amides is 1. The maximum Gasteiger partial charge on any atom is 0.312 e. The van der Waals surface area contributed by atoms with Gasteiger partial charge in [-0.2, -0.15) is 0 Å². The van der Waals surface area contributed by atoms with Crippen molar-refractivity contribution in [2.75, 3.05) is 0 Å². The molecule has 0 fully saturated rings. The van der Waals surface area contributed by atoms with E-state index in [1.54, 1.807) is 6.08 Å². The van der Waals surface area contributed by atoms with Crippen LogP contribution in [0.3, 0.4) is 0 Å². The molecule has 1 unspecified atom stereocenters. The van der Waals surface area contributed by atoms with Gasteiger partial charge in [0.15, 0.2) is 0 Å². The summed E-state index contributed by atoms with van der Waals surface area (Å²) in [6.07, 6.45) is 8.20. The third-order valence-corrected chi connectivity index (χ3v) is 1.89.